The van der Waals surface area contributed by atoms with Crippen molar-refractivity contribution in [3.05, 3.63) is 70.3 Å². The molecule has 11 nitrogen and oxygen atoms in total. The number of nitrogen functional groups attached to an aromatic ring is 1. The van der Waals surface area contributed by atoms with E-state index in [9.17, 15) is 24.6 Å². The zero-order chi connectivity index (χ0) is 40.4. The van der Waals surface area contributed by atoms with Crippen molar-refractivity contribution in [1.82, 2.24) is 9.55 Å². The monoisotopic (exact) mass is 783 g/mol. The number of carbonyl (C=O) groups is 2. The van der Waals surface area contributed by atoms with E-state index in [1.165, 1.54) is 25.0 Å². The lowest BCUT2D eigenvalue weighted by Gasteiger charge is -2.44. The van der Waals surface area contributed by atoms with E-state index < -0.39 is 60.6 Å². The number of nitrogens with two attached hydrogens (primary N) is 1. The zero-order valence-corrected chi connectivity index (χ0v) is 32.9. The lowest BCUT2D eigenvalue weighted by molar-refractivity contribution is -0.152. The summed E-state index contributed by atoms with van der Waals surface area (Å²) < 4.78 is 47.1. The Morgan fingerprint density at radius 2 is 1.89 bits per heavy atom. The molecule has 1 saturated heterocycles. The Morgan fingerprint density at radius 1 is 1.16 bits per heavy atom. The largest absolute Gasteiger partial charge is 0.463 e. The summed E-state index contributed by atoms with van der Waals surface area (Å²) in [5.74, 6) is -4.09. The predicted molar refractivity (Wildman–Crippen MR) is 206 cm³/mol. The van der Waals surface area contributed by atoms with Crippen molar-refractivity contribution in [1.29, 1.82) is 0 Å². The van der Waals surface area contributed by atoms with E-state index in [-0.39, 0.29) is 36.6 Å². The topological polar surface area (TPSA) is 163 Å². The quantitative estimate of drug-likeness (QED) is 0.105. The third-order valence-electron chi connectivity index (χ3n) is 13.2. The van der Waals surface area contributed by atoms with Crippen LogP contribution in [0.2, 0.25) is 0 Å². The van der Waals surface area contributed by atoms with Crippen molar-refractivity contribution in [3.63, 3.8) is 0 Å². The van der Waals surface area contributed by atoms with Crippen LogP contribution in [0.15, 0.2) is 64.7 Å². The molecular weight excluding hydrogens is 724 g/mol. The fourth-order valence-corrected chi connectivity index (χ4v) is 9.62. The molecule has 5 fully saturated rings. The highest BCUT2D eigenvalue weighted by atomic mass is 19.3. The molecule has 0 amide bonds. The predicted octanol–water partition coefficient (Wildman–Crippen LogP) is 6.75. The molecule has 13 heteroatoms. The van der Waals surface area contributed by atoms with Gasteiger partial charge in [0.25, 0.3) is 5.92 Å². The standard InChI is InChI=1S/C43H59F2N3O8/c1-25(11-18-34(50)29-13-14-29)32-16-17-33-28(8-7-20-42(32,33)4)12-15-30-22-31(49)23-35(26(30)2)55-39(52)10-6-5-9-38(51)54-24-36-27(3)43(44,45)40(56-36)48-21-19-37(46)47-41(48)53/h11-12,15,18-19,21,25,27,29,31-36,40,49-50H,2,5-10,13-14,16-17,20,22-24H2,1,3-4H3,(H2,46,47,53)/b18-11+,28-12+,30-15-/t25-,27?,31+,32?,33?,34?,35-,36?,40?,42+/m0/s1. The number of ether oxygens (including phenoxy) is 3. The number of anilines is 1. The van der Waals surface area contributed by atoms with Gasteiger partial charge in [-0.1, -0.05) is 57.2 Å². The molecule has 0 spiro atoms. The van der Waals surface area contributed by atoms with Crippen LogP contribution >= 0.6 is 0 Å². The normalized spacial score (nSPS) is 34.1. The molecule has 0 radical (unpaired) electrons. The van der Waals surface area contributed by atoms with Crippen LogP contribution in [0, 0.1) is 35.0 Å². The first-order valence-corrected chi connectivity index (χ1v) is 20.4. The fraction of sp³-hybridized carbons (Fsp3) is 0.674. The highest BCUT2D eigenvalue weighted by Crippen LogP contribution is 2.59. The number of hydrogen-bond acceptors (Lipinski definition) is 10. The van der Waals surface area contributed by atoms with Gasteiger partial charge in [0.05, 0.1) is 18.1 Å². The van der Waals surface area contributed by atoms with Crippen LogP contribution in [0.25, 0.3) is 0 Å². The average molecular weight is 784 g/mol. The first-order valence-electron chi connectivity index (χ1n) is 20.4. The first-order chi connectivity index (χ1) is 26.6. The summed E-state index contributed by atoms with van der Waals surface area (Å²) in [5.41, 5.74) is 7.69. The number of fused-ring (bicyclic) bond motifs is 1. The zero-order valence-electron chi connectivity index (χ0n) is 32.9. The fourth-order valence-electron chi connectivity index (χ4n) is 9.62. The number of carbonyl (C=O) groups excluding carboxylic acids is 2. The van der Waals surface area contributed by atoms with Crippen LogP contribution in [-0.4, -0.2) is 68.6 Å². The molecule has 4 aliphatic carbocycles. The van der Waals surface area contributed by atoms with Gasteiger partial charge >= 0.3 is 17.6 Å². The summed E-state index contributed by atoms with van der Waals surface area (Å²) in [6, 6.07) is 1.22. The highest BCUT2D eigenvalue weighted by Gasteiger charge is 2.58. The summed E-state index contributed by atoms with van der Waals surface area (Å²) in [7, 11) is 0. The van der Waals surface area contributed by atoms with Crippen molar-refractivity contribution >= 4 is 17.8 Å². The molecule has 6 rings (SSSR count). The molecule has 10 atom stereocenters. The number of nitrogens with zero attached hydrogens (tertiary/aromatic N) is 2. The van der Waals surface area contributed by atoms with Crippen LogP contribution < -0.4 is 11.4 Å². The van der Waals surface area contributed by atoms with Crippen molar-refractivity contribution in [3.8, 4) is 0 Å². The second kappa shape index (κ2) is 17.4. The van der Waals surface area contributed by atoms with E-state index in [1.807, 2.05) is 6.08 Å². The number of alkyl halides is 2. The third-order valence-corrected chi connectivity index (χ3v) is 13.2. The maximum absolute atomic E-state index is 15.0. The van der Waals surface area contributed by atoms with Crippen LogP contribution in [0.5, 0.6) is 0 Å². The van der Waals surface area contributed by atoms with Crippen LogP contribution in [0.1, 0.15) is 110 Å². The summed E-state index contributed by atoms with van der Waals surface area (Å²) in [6.45, 7) is 9.83. The molecular formula is C43H59F2N3O8. The van der Waals surface area contributed by atoms with Crippen molar-refractivity contribution < 1.29 is 42.8 Å². The Hall–Kier alpha value is -3.68. The molecule has 6 unspecified atom stereocenters. The SMILES string of the molecule is C=C1/C(=C\C=C2/CCC[C@@]3(C)C2CCC3[C@@H](C)/C=C/C(O)C2CC2)C[C@@H](O)C[C@@H]1OC(=O)CCCCC(=O)OCC1OC(n2ccc(N)nc2=O)C(F)(F)C1C. The minimum atomic E-state index is -3.43. The second-order valence-corrected chi connectivity index (χ2v) is 17.1. The van der Waals surface area contributed by atoms with Crippen molar-refractivity contribution in [2.24, 2.45) is 35.0 Å². The van der Waals surface area contributed by atoms with Gasteiger partial charge in [0.15, 0.2) is 0 Å². The lowest BCUT2D eigenvalue weighted by atomic mass is 9.61. The summed E-state index contributed by atoms with van der Waals surface area (Å²) in [6.07, 6.45) is 14.2. The maximum Gasteiger partial charge on any atom is 0.351 e. The number of aliphatic hydroxyl groups is 2. The smallest absolute Gasteiger partial charge is 0.351 e. The van der Waals surface area contributed by atoms with Crippen LogP contribution in [-0.2, 0) is 23.8 Å². The molecule has 2 heterocycles. The Morgan fingerprint density at radius 3 is 2.61 bits per heavy atom. The Labute approximate surface area is 328 Å². The van der Waals surface area contributed by atoms with Crippen molar-refractivity contribution in [2.45, 2.75) is 141 Å². The second-order valence-electron chi connectivity index (χ2n) is 17.1. The van der Waals surface area contributed by atoms with Crippen LogP contribution in [0.3, 0.4) is 0 Å². The van der Waals surface area contributed by atoms with Crippen molar-refractivity contribution in [2.75, 3.05) is 12.3 Å². The van der Waals surface area contributed by atoms with Gasteiger partial charge < -0.3 is 30.2 Å². The number of unbranched alkanes of at least 4 members (excludes halogenated alkanes) is 1. The molecule has 4 saturated carbocycles. The molecule has 0 bridgehead atoms. The number of hydrogen-bond donors (Lipinski definition) is 3. The number of aromatic nitrogens is 2. The van der Waals surface area contributed by atoms with E-state index in [1.54, 1.807) is 0 Å². The van der Waals surface area contributed by atoms with E-state index in [0.29, 0.717) is 53.1 Å². The molecule has 1 aromatic heterocycles. The van der Waals surface area contributed by atoms with E-state index in [2.05, 4.69) is 43.6 Å². The number of rotatable bonds is 14. The molecule has 4 N–H and O–H groups in total. The van der Waals surface area contributed by atoms with Gasteiger partial charge in [-0.25, -0.2) is 13.6 Å². The van der Waals surface area contributed by atoms with E-state index in [4.69, 9.17) is 19.9 Å². The maximum atomic E-state index is 15.0. The highest BCUT2D eigenvalue weighted by molar-refractivity contribution is 5.71. The molecule has 1 aromatic rings. The third kappa shape index (κ3) is 9.37. The summed E-state index contributed by atoms with van der Waals surface area (Å²) in [4.78, 5) is 40.9. The van der Waals surface area contributed by atoms with Gasteiger partial charge in [-0.15, -0.1) is 0 Å². The minimum absolute atomic E-state index is 0.0358. The number of esters is 2. The number of allylic oxidation sites excluding steroid dienone is 4. The van der Waals surface area contributed by atoms with Crippen LogP contribution in [0.4, 0.5) is 14.6 Å². The van der Waals surface area contributed by atoms with Gasteiger partial charge in [0, 0.05) is 25.5 Å². The Kier molecular flexibility index (Phi) is 13.1. The molecule has 1 aliphatic heterocycles. The van der Waals surface area contributed by atoms with Gasteiger partial charge in [-0.3, -0.25) is 14.2 Å². The molecule has 308 valence electrons. The van der Waals surface area contributed by atoms with Gasteiger partial charge in [-0.05, 0) is 111 Å². The molecule has 56 heavy (non-hydrogen) atoms. The summed E-state index contributed by atoms with van der Waals surface area (Å²) >= 11 is 0. The van der Waals surface area contributed by atoms with Gasteiger partial charge in [-0.2, -0.15) is 4.98 Å². The molecule has 0 aromatic carbocycles. The minimum Gasteiger partial charge on any atom is -0.463 e. The molecule has 5 aliphatic rings. The van der Waals surface area contributed by atoms with Gasteiger partial charge in [0.2, 0.25) is 6.23 Å². The van der Waals surface area contributed by atoms with E-state index in [0.717, 1.165) is 50.3 Å². The summed E-state index contributed by atoms with van der Waals surface area (Å²) in [5, 5.41) is 21.1. The number of aliphatic hydroxyl groups excluding tert-OH is 2. The van der Waals surface area contributed by atoms with E-state index >= 15 is 8.78 Å². The Balaban J connectivity index is 0.946. The lowest BCUT2D eigenvalue weighted by Crippen LogP contribution is -2.37. The Bertz CT molecular complexity index is 1770. The first kappa shape index (κ1) is 41.9. The van der Waals surface area contributed by atoms with Gasteiger partial charge in [0.1, 0.15) is 24.6 Å². The number of halogens is 2. The average Bonchev–Trinajstić information content (AvgIpc) is 3.90.